The van der Waals surface area contributed by atoms with Gasteiger partial charge in [0.1, 0.15) is 5.01 Å². The maximum atomic E-state index is 5.78. The van der Waals surface area contributed by atoms with Crippen molar-refractivity contribution in [2.75, 3.05) is 11.1 Å². The minimum absolute atomic E-state index is 0.0753. The van der Waals surface area contributed by atoms with Gasteiger partial charge in [-0.05, 0) is 32.3 Å². The minimum Gasteiger partial charge on any atom is -0.484 e. The molecular formula is C11H16N4OS2. The van der Waals surface area contributed by atoms with Crippen molar-refractivity contribution in [3.63, 3.8) is 0 Å². The van der Waals surface area contributed by atoms with Crippen molar-refractivity contribution in [2.24, 2.45) is 0 Å². The van der Waals surface area contributed by atoms with Gasteiger partial charge in [-0.3, -0.25) is 0 Å². The Morgan fingerprint density at radius 2 is 2.28 bits per heavy atom. The number of aromatic nitrogens is 2. The molecule has 2 heterocycles. The Morgan fingerprint density at radius 3 is 2.89 bits per heavy atom. The van der Waals surface area contributed by atoms with E-state index in [9.17, 15) is 0 Å². The molecule has 0 aliphatic heterocycles. The van der Waals surface area contributed by atoms with E-state index >= 15 is 0 Å². The number of nitrogens with zero attached hydrogens (tertiary/aromatic N) is 2. The van der Waals surface area contributed by atoms with Crippen LogP contribution in [0.4, 0.5) is 10.8 Å². The van der Waals surface area contributed by atoms with Gasteiger partial charge in [0.2, 0.25) is 0 Å². The molecular weight excluding hydrogens is 268 g/mol. The zero-order valence-corrected chi connectivity index (χ0v) is 12.2. The molecule has 0 aromatic carbocycles. The van der Waals surface area contributed by atoms with E-state index in [0.29, 0.717) is 18.1 Å². The minimum atomic E-state index is 0.0753. The van der Waals surface area contributed by atoms with Crippen LogP contribution in [0.15, 0.2) is 5.38 Å². The normalized spacial score (nSPS) is 10.9. The summed E-state index contributed by atoms with van der Waals surface area (Å²) in [4.78, 5) is 4.39. The molecule has 5 nitrogen and oxygen atoms in total. The highest BCUT2D eigenvalue weighted by molar-refractivity contribution is 7.11. The number of anilines is 2. The molecule has 0 radical (unpaired) electrons. The molecule has 98 valence electrons. The zero-order valence-electron chi connectivity index (χ0n) is 10.6. The first-order valence-corrected chi connectivity index (χ1v) is 7.28. The molecule has 0 aliphatic carbocycles. The van der Waals surface area contributed by atoms with Gasteiger partial charge in [0, 0.05) is 11.1 Å². The van der Waals surface area contributed by atoms with Crippen molar-refractivity contribution in [1.29, 1.82) is 0 Å². The monoisotopic (exact) mass is 284 g/mol. The summed E-state index contributed by atoms with van der Waals surface area (Å²) in [6.07, 6.45) is 0.0753. The van der Waals surface area contributed by atoms with Crippen molar-refractivity contribution in [2.45, 2.75) is 33.4 Å². The number of hydrogen-bond donors (Lipinski definition) is 2. The third-order valence-corrected chi connectivity index (χ3v) is 3.86. The van der Waals surface area contributed by atoms with Gasteiger partial charge in [-0.1, -0.05) is 0 Å². The first-order valence-electron chi connectivity index (χ1n) is 5.63. The number of aryl methyl sites for hydroxylation is 1. The highest BCUT2D eigenvalue weighted by Gasteiger charge is 2.14. The molecule has 0 fully saturated rings. The summed E-state index contributed by atoms with van der Waals surface area (Å²) >= 11 is 2.94. The van der Waals surface area contributed by atoms with E-state index in [4.69, 9.17) is 10.5 Å². The Labute approximate surface area is 114 Å². The van der Waals surface area contributed by atoms with Crippen LogP contribution in [0, 0.1) is 6.92 Å². The van der Waals surface area contributed by atoms with Gasteiger partial charge in [0.15, 0.2) is 16.6 Å². The number of ether oxygens (including phenoxy) is 1. The lowest BCUT2D eigenvalue weighted by Crippen LogP contribution is -2.08. The summed E-state index contributed by atoms with van der Waals surface area (Å²) in [7, 11) is 0. The van der Waals surface area contributed by atoms with E-state index in [2.05, 4.69) is 14.7 Å². The van der Waals surface area contributed by atoms with Crippen molar-refractivity contribution in [3.8, 4) is 5.75 Å². The van der Waals surface area contributed by atoms with E-state index < -0.39 is 0 Å². The lowest BCUT2D eigenvalue weighted by atomic mass is 10.4. The first kappa shape index (κ1) is 13.1. The summed E-state index contributed by atoms with van der Waals surface area (Å²) in [6, 6.07) is 0. The Bertz CT molecular complexity index is 521. The molecule has 2 rings (SSSR count). The molecule has 0 saturated heterocycles. The summed E-state index contributed by atoms with van der Waals surface area (Å²) < 4.78 is 9.76. The highest BCUT2D eigenvalue weighted by Crippen LogP contribution is 2.36. The van der Waals surface area contributed by atoms with E-state index in [1.54, 1.807) is 11.3 Å². The topological polar surface area (TPSA) is 73.1 Å². The molecule has 0 atom stereocenters. The SMILES string of the molecule is Cc1csc(CNc2snc(N)c2OC(C)C)n1. The smallest absolute Gasteiger partial charge is 0.197 e. The van der Waals surface area contributed by atoms with Gasteiger partial charge in [-0.25, -0.2) is 4.98 Å². The highest BCUT2D eigenvalue weighted by atomic mass is 32.1. The molecule has 0 saturated carbocycles. The van der Waals surface area contributed by atoms with Gasteiger partial charge in [-0.2, -0.15) is 4.37 Å². The van der Waals surface area contributed by atoms with E-state index in [1.807, 2.05) is 26.2 Å². The number of nitrogens with one attached hydrogen (secondary N) is 1. The Kier molecular flexibility index (Phi) is 4.03. The Morgan fingerprint density at radius 1 is 1.50 bits per heavy atom. The van der Waals surface area contributed by atoms with Crippen LogP contribution in [0.2, 0.25) is 0 Å². The van der Waals surface area contributed by atoms with E-state index in [1.165, 1.54) is 11.5 Å². The van der Waals surface area contributed by atoms with Gasteiger partial charge in [0.25, 0.3) is 0 Å². The first-order chi connectivity index (χ1) is 8.56. The number of nitrogen functional groups attached to an aromatic ring is 1. The summed E-state index contributed by atoms with van der Waals surface area (Å²) in [6.45, 7) is 6.57. The molecule has 2 aromatic rings. The summed E-state index contributed by atoms with van der Waals surface area (Å²) in [5.74, 6) is 1.08. The maximum Gasteiger partial charge on any atom is 0.197 e. The van der Waals surface area contributed by atoms with E-state index in [0.717, 1.165) is 15.7 Å². The molecule has 2 aromatic heterocycles. The van der Waals surface area contributed by atoms with Crippen LogP contribution in [0.5, 0.6) is 5.75 Å². The standard InChI is InChI=1S/C11H16N4OS2/c1-6(2)16-9-10(12)15-18-11(9)13-4-8-14-7(3)5-17-8/h5-6,13H,4H2,1-3H3,(H2,12,15). The van der Waals surface area contributed by atoms with Gasteiger partial charge in [-0.15, -0.1) is 11.3 Å². The Balaban J connectivity index is 2.05. The van der Waals surface area contributed by atoms with Crippen LogP contribution in [-0.4, -0.2) is 15.5 Å². The van der Waals surface area contributed by atoms with Crippen LogP contribution >= 0.6 is 22.9 Å². The Hall–Kier alpha value is -1.34. The van der Waals surface area contributed by atoms with Gasteiger partial charge in [0.05, 0.1) is 12.6 Å². The number of thiazole rings is 1. The number of nitrogens with two attached hydrogens (primary N) is 1. The maximum absolute atomic E-state index is 5.78. The predicted octanol–water partition coefficient (Wildman–Crippen LogP) is 2.89. The van der Waals surface area contributed by atoms with Gasteiger partial charge >= 0.3 is 0 Å². The average molecular weight is 284 g/mol. The van der Waals surface area contributed by atoms with Crippen LogP contribution in [-0.2, 0) is 6.54 Å². The van der Waals surface area contributed by atoms with Crippen LogP contribution in [0.25, 0.3) is 0 Å². The van der Waals surface area contributed by atoms with Crippen molar-refractivity contribution in [3.05, 3.63) is 16.1 Å². The fourth-order valence-corrected chi connectivity index (χ4v) is 2.75. The van der Waals surface area contributed by atoms with Crippen LogP contribution in [0.1, 0.15) is 24.5 Å². The summed E-state index contributed by atoms with van der Waals surface area (Å²) in [5, 5.41) is 7.19. The van der Waals surface area contributed by atoms with Crippen molar-refractivity contribution in [1.82, 2.24) is 9.36 Å². The van der Waals surface area contributed by atoms with Crippen molar-refractivity contribution >= 4 is 33.7 Å². The molecule has 18 heavy (non-hydrogen) atoms. The second kappa shape index (κ2) is 5.53. The molecule has 3 N–H and O–H groups in total. The lowest BCUT2D eigenvalue weighted by Gasteiger charge is -2.10. The molecule has 0 aliphatic rings. The summed E-state index contributed by atoms with van der Waals surface area (Å²) in [5.41, 5.74) is 6.83. The fraction of sp³-hybridized carbons (Fsp3) is 0.455. The quantitative estimate of drug-likeness (QED) is 0.883. The molecule has 0 amide bonds. The second-order valence-corrected chi connectivity index (χ2v) is 5.84. The van der Waals surface area contributed by atoms with Gasteiger partial charge < -0.3 is 15.8 Å². The third kappa shape index (κ3) is 3.11. The van der Waals surface area contributed by atoms with Crippen LogP contribution < -0.4 is 15.8 Å². The van der Waals surface area contributed by atoms with Crippen LogP contribution in [0.3, 0.4) is 0 Å². The largest absolute Gasteiger partial charge is 0.484 e. The fourth-order valence-electron chi connectivity index (χ4n) is 1.40. The number of rotatable bonds is 5. The average Bonchev–Trinajstić information content (AvgIpc) is 2.85. The predicted molar refractivity (Wildman–Crippen MR) is 76.5 cm³/mol. The molecule has 7 heteroatoms. The molecule has 0 spiro atoms. The number of hydrogen-bond acceptors (Lipinski definition) is 7. The van der Waals surface area contributed by atoms with E-state index in [-0.39, 0.29) is 6.10 Å². The molecule has 0 unspecified atom stereocenters. The second-order valence-electron chi connectivity index (χ2n) is 4.13. The zero-order chi connectivity index (χ0) is 13.1. The van der Waals surface area contributed by atoms with Crippen molar-refractivity contribution < 1.29 is 4.74 Å². The third-order valence-electron chi connectivity index (χ3n) is 2.09. The molecule has 0 bridgehead atoms. The lowest BCUT2D eigenvalue weighted by molar-refractivity contribution is 0.245.